The molecule has 1 atom stereocenters. The van der Waals surface area contributed by atoms with E-state index in [2.05, 4.69) is 27.3 Å². The Kier molecular flexibility index (Phi) is 5.39. The molecule has 2 aromatic carbocycles. The van der Waals surface area contributed by atoms with Crippen LogP contribution in [0.1, 0.15) is 23.1 Å². The molecule has 2 amide bonds. The Morgan fingerprint density at radius 3 is 2.46 bits per heavy atom. The molecule has 0 saturated carbocycles. The van der Waals surface area contributed by atoms with Gasteiger partial charge in [-0.1, -0.05) is 17.7 Å². The third kappa shape index (κ3) is 3.94. The highest BCUT2D eigenvalue weighted by atomic mass is 79.9. The number of nitrogens with zero attached hydrogens (tertiary/aromatic N) is 1. The van der Waals surface area contributed by atoms with Crippen LogP contribution >= 0.6 is 27.5 Å². The maximum Gasteiger partial charge on any atom is 0.229 e. The standard InChI is InChI=1S/C20H20BrClN2O2/c1-11-4-12(2)6-15(5-11)24-10-14(8-19(24)25)20(26)23-18-9-17(22)16(21)7-13(18)3/h4-7,9,14H,8,10H2,1-3H3,(H,23,26)/t14-/m0/s1. The highest BCUT2D eigenvalue weighted by Crippen LogP contribution is 2.31. The second-order valence-corrected chi connectivity index (χ2v) is 8.08. The third-order valence-electron chi connectivity index (χ3n) is 4.54. The van der Waals surface area contributed by atoms with Gasteiger partial charge in [0.15, 0.2) is 0 Å². The minimum atomic E-state index is -0.384. The first-order valence-electron chi connectivity index (χ1n) is 8.40. The third-order valence-corrected chi connectivity index (χ3v) is 5.74. The fourth-order valence-corrected chi connectivity index (χ4v) is 3.88. The minimum Gasteiger partial charge on any atom is -0.325 e. The number of nitrogens with one attached hydrogen (secondary N) is 1. The first-order valence-corrected chi connectivity index (χ1v) is 9.57. The summed E-state index contributed by atoms with van der Waals surface area (Å²) in [5.74, 6) is -0.572. The quantitative estimate of drug-likeness (QED) is 0.736. The zero-order valence-corrected chi connectivity index (χ0v) is 17.2. The molecule has 0 aliphatic carbocycles. The van der Waals surface area contributed by atoms with Gasteiger partial charge in [-0.3, -0.25) is 9.59 Å². The maximum absolute atomic E-state index is 12.7. The van der Waals surface area contributed by atoms with Gasteiger partial charge in [0.05, 0.1) is 10.9 Å². The first-order chi connectivity index (χ1) is 12.2. The Labute approximate surface area is 166 Å². The van der Waals surface area contributed by atoms with Crippen molar-refractivity contribution in [3.05, 3.63) is 56.5 Å². The van der Waals surface area contributed by atoms with Crippen LogP contribution < -0.4 is 10.2 Å². The van der Waals surface area contributed by atoms with Crippen LogP contribution in [0.3, 0.4) is 0 Å². The van der Waals surface area contributed by atoms with Crippen molar-refractivity contribution >= 4 is 50.7 Å². The SMILES string of the molecule is Cc1cc(C)cc(N2C[C@@H](C(=O)Nc3cc(Cl)c(Br)cc3C)CC2=O)c1. The van der Waals surface area contributed by atoms with Crippen molar-refractivity contribution in [1.29, 1.82) is 0 Å². The summed E-state index contributed by atoms with van der Waals surface area (Å²) in [4.78, 5) is 26.8. The van der Waals surface area contributed by atoms with E-state index in [0.717, 1.165) is 26.9 Å². The lowest BCUT2D eigenvalue weighted by molar-refractivity contribution is -0.122. The zero-order chi connectivity index (χ0) is 19.0. The van der Waals surface area contributed by atoms with E-state index in [1.54, 1.807) is 11.0 Å². The molecular weight excluding hydrogens is 416 g/mol. The Morgan fingerprint density at radius 1 is 1.15 bits per heavy atom. The van der Waals surface area contributed by atoms with Crippen molar-refractivity contribution in [2.24, 2.45) is 5.92 Å². The largest absolute Gasteiger partial charge is 0.325 e. The Hall–Kier alpha value is -1.85. The van der Waals surface area contributed by atoms with Gasteiger partial charge in [-0.2, -0.15) is 0 Å². The molecule has 0 spiro atoms. The summed E-state index contributed by atoms with van der Waals surface area (Å²) in [6.45, 7) is 6.29. The highest BCUT2D eigenvalue weighted by molar-refractivity contribution is 9.10. The summed E-state index contributed by atoms with van der Waals surface area (Å²) in [6, 6.07) is 9.60. The molecule has 6 heteroatoms. The Bertz CT molecular complexity index is 877. The predicted molar refractivity (Wildman–Crippen MR) is 109 cm³/mol. The summed E-state index contributed by atoms with van der Waals surface area (Å²) >= 11 is 9.49. The Morgan fingerprint density at radius 2 is 1.81 bits per heavy atom. The van der Waals surface area contributed by atoms with Crippen LogP contribution in [0.4, 0.5) is 11.4 Å². The molecule has 0 unspecified atom stereocenters. The molecule has 1 heterocycles. The van der Waals surface area contributed by atoms with Crippen LogP contribution in [-0.2, 0) is 9.59 Å². The van der Waals surface area contributed by atoms with Crippen LogP contribution in [0.5, 0.6) is 0 Å². The minimum absolute atomic E-state index is 0.0271. The fourth-order valence-electron chi connectivity index (χ4n) is 3.25. The molecule has 0 aromatic heterocycles. The second-order valence-electron chi connectivity index (χ2n) is 6.82. The molecule has 1 aliphatic rings. The van der Waals surface area contributed by atoms with Gasteiger partial charge in [0, 0.05) is 28.8 Å². The van der Waals surface area contributed by atoms with Gasteiger partial charge in [0.2, 0.25) is 11.8 Å². The van der Waals surface area contributed by atoms with Crippen LogP contribution in [0.25, 0.3) is 0 Å². The first kappa shape index (κ1) is 18.9. The molecular formula is C20H20BrClN2O2. The Balaban J connectivity index is 1.76. The van der Waals surface area contributed by atoms with Crippen molar-refractivity contribution in [2.45, 2.75) is 27.2 Å². The number of halogens is 2. The van der Waals surface area contributed by atoms with E-state index >= 15 is 0 Å². The van der Waals surface area contributed by atoms with Gasteiger partial charge in [0.1, 0.15) is 0 Å². The molecule has 26 heavy (non-hydrogen) atoms. The van der Waals surface area contributed by atoms with E-state index in [0.29, 0.717) is 17.3 Å². The van der Waals surface area contributed by atoms with Gasteiger partial charge in [-0.15, -0.1) is 0 Å². The van der Waals surface area contributed by atoms with E-state index in [4.69, 9.17) is 11.6 Å². The maximum atomic E-state index is 12.7. The molecule has 3 rings (SSSR count). The highest BCUT2D eigenvalue weighted by Gasteiger charge is 2.35. The number of hydrogen-bond donors (Lipinski definition) is 1. The predicted octanol–water partition coefficient (Wildman–Crippen LogP) is 5.02. The average molecular weight is 436 g/mol. The molecule has 0 bridgehead atoms. The fraction of sp³-hybridized carbons (Fsp3) is 0.300. The molecule has 0 radical (unpaired) electrons. The number of benzene rings is 2. The van der Waals surface area contributed by atoms with Gasteiger partial charge >= 0.3 is 0 Å². The summed E-state index contributed by atoms with van der Waals surface area (Å²) in [5.41, 5.74) is 4.62. The van der Waals surface area contributed by atoms with Crippen molar-refractivity contribution in [3.63, 3.8) is 0 Å². The van der Waals surface area contributed by atoms with E-state index in [-0.39, 0.29) is 24.2 Å². The number of rotatable bonds is 3. The van der Waals surface area contributed by atoms with Gasteiger partial charge in [0.25, 0.3) is 0 Å². The van der Waals surface area contributed by atoms with Crippen molar-refractivity contribution in [1.82, 2.24) is 0 Å². The van der Waals surface area contributed by atoms with Crippen molar-refractivity contribution in [2.75, 3.05) is 16.8 Å². The monoisotopic (exact) mass is 434 g/mol. The van der Waals surface area contributed by atoms with E-state index in [1.165, 1.54) is 0 Å². The summed E-state index contributed by atoms with van der Waals surface area (Å²) in [6.07, 6.45) is 0.210. The molecule has 136 valence electrons. The van der Waals surface area contributed by atoms with Crippen LogP contribution in [0, 0.1) is 26.7 Å². The molecule has 1 fully saturated rings. The topological polar surface area (TPSA) is 49.4 Å². The zero-order valence-electron chi connectivity index (χ0n) is 14.9. The lowest BCUT2D eigenvalue weighted by atomic mass is 10.1. The van der Waals surface area contributed by atoms with E-state index < -0.39 is 0 Å². The number of amides is 2. The van der Waals surface area contributed by atoms with Crippen LogP contribution in [0.2, 0.25) is 5.02 Å². The van der Waals surface area contributed by atoms with Crippen molar-refractivity contribution in [3.8, 4) is 0 Å². The molecule has 1 N–H and O–H groups in total. The molecule has 1 aliphatic heterocycles. The van der Waals surface area contributed by atoms with E-state index in [9.17, 15) is 9.59 Å². The summed E-state index contributed by atoms with van der Waals surface area (Å²) in [7, 11) is 0. The number of anilines is 2. The number of hydrogen-bond acceptors (Lipinski definition) is 2. The van der Waals surface area contributed by atoms with Crippen molar-refractivity contribution < 1.29 is 9.59 Å². The summed E-state index contributed by atoms with van der Waals surface area (Å²) < 4.78 is 0.784. The molecule has 1 saturated heterocycles. The number of carbonyl (C=O) groups is 2. The van der Waals surface area contributed by atoms with Crippen LogP contribution in [-0.4, -0.2) is 18.4 Å². The van der Waals surface area contributed by atoms with Gasteiger partial charge in [-0.05, 0) is 77.7 Å². The molecule has 2 aromatic rings. The summed E-state index contributed by atoms with van der Waals surface area (Å²) in [5, 5.41) is 3.45. The average Bonchev–Trinajstić information content (AvgIpc) is 2.93. The normalized spacial score (nSPS) is 16.9. The van der Waals surface area contributed by atoms with E-state index in [1.807, 2.05) is 39.0 Å². The second kappa shape index (κ2) is 7.41. The lowest BCUT2D eigenvalue weighted by Crippen LogP contribution is -2.28. The van der Waals surface area contributed by atoms with Gasteiger partial charge < -0.3 is 10.2 Å². The number of aryl methyl sites for hydroxylation is 3. The smallest absolute Gasteiger partial charge is 0.229 e. The van der Waals surface area contributed by atoms with Gasteiger partial charge in [-0.25, -0.2) is 0 Å². The molecule has 4 nitrogen and oxygen atoms in total. The lowest BCUT2D eigenvalue weighted by Gasteiger charge is -2.18. The number of carbonyl (C=O) groups excluding carboxylic acids is 2. The van der Waals surface area contributed by atoms with Crippen LogP contribution in [0.15, 0.2) is 34.8 Å².